The Hall–Kier alpha value is -2.98. The number of thioether (sulfide) groups is 1. The molecule has 0 bridgehead atoms. The van der Waals surface area contributed by atoms with Crippen LogP contribution in [0.3, 0.4) is 0 Å². The first kappa shape index (κ1) is 22.2. The van der Waals surface area contributed by atoms with Crippen molar-refractivity contribution in [2.75, 3.05) is 12.0 Å². The zero-order chi connectivity index (χ0) is 22.8. The molecule has 1 aromatic heterocycles. The fourth-order valence-corrected chi connectivity index (χ4v) is 4.89. The molecule has 1 fully saturated rings. The lowest BCUT2D eigenvalue weighted by Crippen LogP contribution is -2.27. The van der Waals surface area contributed by atoms with Crippen molar-refractivity contribution in [3.63, 3.8) is 0 Å². The summed E-state index contributed by atoms with van der Waals surface area (Å²) in [5, 5.41) is 9.51. The second kappa shape index (κ2) is 9.25. The summed E-state index contributed by atoms with van der Waals surface area (Å²) in [6, 6.07) is 14.2. The van der Waals surface area contributed by atoms with Crippen molar-refractivity contribution >= 4 is 62.8 Å². The van der Waals surface area contributed by atoms with Gasteiger partial charge in [0, 0.05) is 22.7 Å². The normalized spacial score (nSPS) is 16.2. The highest BCUT2D eigenvalue weighted by Gasteiger charge is 2.33. The highest BCUT2D eigenvalue weighted by Crippen LogP contribution is 2.37. The van der Waals surface area contributed by atoms with Gasteiger partial charge in [0.05, 0.1) is 17.7 Å². The molecular formula is C23H20N2O5S2. The molecule has 0 radical (unpaired) electrons. The molecule has 0 aliphatic carbocycles. The number of anilines is 1. The van der Waals surface area contributed by atoms with E-state index in [1.165, 1.54) is 23.8 Å². The van der Waals surface area contributed by atoms with Gasteiger partial charge in [0.1, 0.15) is 12.6 Å². The van der Waals surface area contributed by atoms with Gasteiger partial charge in [-0.25, -0.2) is 9.68 Å². The fourth-order valence-electron chi connectivity index (χ4n) is 3.60. The van der Waals surface area contributed by atoms with Crippen LogP contribution in [0.2, 0.25) is 0 Å². The van der Waals surface area contributed by atoms with Crippen LogP contribution >= 0.6 is 24.0 Å². The van der Waals surface area contributed by atoms with Crippen molar-refractivity contribution < 1.29 is 24.5 Å². The van der Waals surface area contributed by atoms with E-state index >= 15 is 0 Å². The van der Waals surface area contributed by atoms with E-state index in [4.69, 9.17) is 22.2 Å². The Kier molecular flexibility index (Phi) is 6.43. The van der Waals surface area contributed by atoms with Crippen LogP contribution in [-0.2, 0) is 25.8 Å². The molecule has 9 heteroatoms. The number of fused-ring (bicyclic) bond motifs is 1. The number of carbonyl (C=O) groups excluding carboxylic acids is 2. The molecule has 2 heterocycles. The highest BCUT2D eigenvalue weighted by atomic mass is 32.2. The lowest BCUT2D eigenvalue weighted by molar-refractivity contribution is -0.253. The number of thiocarbonyl (C=S) groups is 1. The summed E-state index contributed by atoms with van der Waals surface area (Å²) in [5.74, 6) is -0.567. The standard InChI is InChI=1S/C23H20N2O5S2/c1-14(22(27)29-2)24-12-16(18-5-3-4-6-19(18)24)11-20-21(26)25(23(31)32-20)17-9-7-15(8-10-17)13-30-28/h3-12,14,28H,13H2,1-2H3/b20-11-. The number of rotatable bonds is 6. The minimum Gasteiger partial charge on any atom is -0.467 e. The Morgan fingerprint density at radius 3 is 2.62 bits per heavy atom. The van der Waals surface area contributed by atoms with E-state index in [0.29, 0.717) is 14.9 Å². The molecule has 1 atom stereocenters. The van der Waals surface area contributed by atoms with Crippen molar-refractivity contribution in [2.24, 2.45) is 0 Å². The molecule has 0 saturated carbocycles. The van der Waals surface area contributed by atoms with E-state index in [2.05, 4.69) is 4.89 Å². The molecule has 164 valence electrons. The third-order valence-electron chi connectivity index (χ3n) is 5.24. The lowest BCUT2D eigenvalue weighted by Gasteiger charge is -2.14. The van der Waals surface area contributed by atoms with Crippen molar-refractivity contribution in [1.29, 1.82) is 0 Å². The number of aromatic nitrogens is 1. The van der Waals surface area contributed by atoms with Crippen LogP contribution in [0.5, 0.6) is 0 Å². The number of amides is 1. The average Bonchev–Trinajstić information content (AvgIpc) is 3.30. The second-order valence-electron chi connectivity index (χ2n) is 7.16. The zero-order valence-corrected chi connectivity index (χ0v) is 19.0. The van der Waals surface area contributed by atoms with Gasteiger partial charge in [-0.2, -0.15) is 0 Å². The van der Waals surface area contributed by atoms with Gasteiger partial charge in [0.2, 0.25) is 0 Å². The lowest BCUT2D eigenvalue weighted by atomic mass is 10.1. The van der Waals surface area contributed by atoms with Gasteiger partial charge in [0.25, 0.3) is 5.91 Å². The van der Waals surface area contributed by atoms with Crippen LogP contribution < -0.4 is 4.90 Å². The number of benzene rings is 2. The molecule has 7 nitrogen and oxygen atoms in total. The third kappa shape index (κ3) is 4.07. The minimum atomic E-state index is -0.511. The number of nitrogens with zero attached hydrogens (tertiary/aromatic N) is 2. The maximum atomic E-state index is 13.2. The van der Waals surface area contributed by atoms with E-state index in [9.17, 15) is 9.59 Å². The van der Waals surface area contributed by atoms with Crippen LogP contribution in [0.15, 0.2) is 59.6 Å². The van der Waals surface area contributed by atoms with Gasteiger partial charge in [-0.1, -0.05) is 54.3 Å². The number of esters is 1. The van der Waals surface area contributed by atoms with Crippen LogP contribution in [0, 0.1) is 0 Å². The van der Waals surface area contributed by atoms with Gasteiger partial charge < -0.3 is 9.30 Å². The molecule has 1 amide bonds. The molecule has 1 aliphatic heterocycles. The molecular weight excluding hydrogens is 448 g/mol. The van der Waals surface area contributed by atoms with Crippen LogP contribution in [0.25, 0.3) is 17.0 Å². The van der Waals surface area contributed by atoms with E-state index < -0.39 is 6.04 Å². The first-order valence-corrected chi connectivity index (χ1v) is 11.0. The van der Waals surface area contributed by atoms with Gasteiger partial charge in [-0.15, -0.1) is 0 Å². The Labute approximate surface area is 194 Å². The average molecular weight is 469 g/mol. The number of para-hydroxylation sites is 1. The number of ether oxygens (including phenoxy) is 1. The van der Waals surface area contributed by atoms with E-state index in [-0.39, 0.29) is 18.5 Å². The topological polar surface area (TPSA) is 81.0 Å². The number of hydrogen-bond donors (Lipinski definition) is 1. The predicted octanol–water partition coefficient (Wildman–Crippen LogP) is 4.77. The number of methoxy groups -OCH3 is 1. The summed E-state index contributed by atoms with van der Waals surface area (Å²) < 4.78 is 7.17. The molecule has 1 aliphatic rings. The maximum absolute atomic E-state index is 13.2. The SMILES string of the molecule is COC(=O)C(C)n1cc(/C=C2\SC(=S)N(c3ccc(COO)cc3)C2=O)c2ccccc21. The molecule has 0 spiro atoms. The summed E-state index contributed by atoms with van der Waals surface area (Å²) in [5.41, 5.74) is 3.09. The van der Waals surface area contributed by atoms with Crippen molar-refractivity contribution in [3.05, 3.63) is 70.8 Å². The van der Waals surface area contributed by atoms with Crippen molar-refractivity contribution in [2.45, 2.75) is 19.6 Å². The summed E-state index contributed by atoms with van der Waals surface area (Å²) in [6.07, 6.45) is 3.65. The number of hydrogen-bond acceptors (Lipinski definition) is 7. The van der Waals surface area contributed by atoms with Crippen LogP contribution in [0.1, 0.15) is 24.1 Å². The fraction of sp³-hybridized carbons (Fsp3) is 0.174. The Morgan fingerprint density at radius 1 is 1.22 bits per heavy atom. The van der Waals surface area contributed by atoms with Crippen LogP contribution in [-0.4, -0.2) is 33.1 Å². The van der Waals surface area contributed by atoms with Crippen molar-refractivity contribution in [3.8, 4) is 0 Å². The van der Waals surface area contributed by atoms with Crippen LogP contribution in [0.4, 0.5) is 5.69 Å². The zero-order valence-electron chi connectivity index (χ0n) is 17.3. The summed E-state index contributed by atoms with van der Waals surface area (Å²) in [4.78, 5) is 31.4. The van der Waals surface area contributed by atoms with Gasteiger partial charge >= 0.3 is 5.97 Å². The first-order valence-electron chi connectivity index (χ1n) is 9.75. The molecule has 4 rings (SSSR count). The monoisotopic (exact) mass is 468 g/mol. The molecule has 1 N–H and O–H groups in total. The first-order chi connectivity index (χ1) is 15.4. The Bertz CT molecular complexity index is 1230. The molecule has 1 saturated heterocycles. The summed E-state index contributed by atoms with van der Waals surface area (Å²) >= 11 is 6.69. The van der Waals surface area contributed by atoms with E-state index in [0.717, 1.165) is 22.0 Å². The van der Waals surface area contributed by atoms with Gasteiger partial charge in [0.15, 0.2) is 4.32 Å². The highest BCUT2D eigenvalue weighted by molar-refractivity contribution is 8.27. The Morgan fingerprint density at radius 2 is 1.94 bits per heavy atom. The molecule has 32 heavy (non-hydrogen) atoms. The minimum absolute atomic E-state index is 0.0621. The van der Waals surface area contributed by atoms with E-state index in [1.54, 1.807) is 37.3 Å². The summed E-state index contributed by atoms with van der Waals surface area (Å²) in [7, 11) is 1.36. The predicted molar refractivity (Wildman–Crippen MR) is 128 cm³/mol. The summed E-state index contributed by atoms with van der Waals surface area (Å²) in [6.45, 7) is 1.83. The third-order valence-corrected chi connectivity index (χ3v) is 6.54. The second-order valence-corrected chi connectivity index (χ2v) is 8.84. The largest absolute Gasteiger partial charge is 0.467 e. The van der Waals surface area contributed by atoms with Gasteiger partial charge in [-0.05, 0) is 36.8 Å². The molecule has 1 unspecified atom stereocenters. The quantitative estimate of drug-likeness (QED) is 0.183. The molecule has 2 aromatic carbocycles. The Balaban J connectivity index is 1.69. The smallest absolute Gasteiger partial charge is 0.328 e. The van der Waals surface area contributed by atoms with Crippen molar-refractivity contribution in [1.82, 2.24) is 4.57 Å². The maximum Gasteiger partial charge on any atom is 0.328 e. The molecule has 3 aromatic rings. The van der Waals surface area contributed by atoms with E-state index in [1.807, 2.05) is 35.0 Å². The number of carbonyl (C=O) groups is 2. The van der Waals surface area contributed by atoms with Gasteiger partial charge in [-0.3, -0.25) is 15.0 Å².